The summed E-state index contributed by atoms with van der Waals surface area (Å²) in [5, 5.41) is 40.7. The predicted octanol–water partition coefficient (Wildman–Crippen LogP) is -0.615. The van der Waals surface area contributed by atoms with Gasteiger partial charge in [-0.2, -0.15) is 0 Å². The van der Waals surface area contributed by atoms with Gasteiger partial charge in [0.1, 0.15) is 30.7 Å². The molecule has 0 bridgehead atoms. The molecule has 1 aromatic rings. The van der Waals surface area contributed by atoms with Gasteiger partial charge in [-0.15, -0.1) is 0 Å². The Bertz CT molecular complexity index is 654. The van der Waals surface area contributed by atoms with Crippen LogP contribution in [0.3, 0.4) is 0 Å². The lowest BCUT2D eigenvalue weighted by molar-refractivity contribution is -0.271. The Morgan fingerprint density at radius 1 is 1.24 bits per heavy atom. The van der Waals surface area contributed by atoms with Crippen molar-refractivity contribution in [1.29, 1.82) is 0 Å². The van der Waals surface area contributed by atoms with E-state index in [1.807, 2.05) is 0 Å². The van der Waals surface area contributed by atoms with E-state index >= 15 is 0 Å². The summed E-state index contributed by atoms with van der Waals surface area (Å²) in [5.74, 6) is -1.99. The van der Waals surface area contributed by atoms with Crippen LogP contribution in [0.5, 0.6) is 5.75 Å². The number of benzene rings is 1. The lowest BCUT2D eigenvalue weighted by atomic mass is 9.99. The van der Waals surface area contributed by atoms with E-state index in [0.717, 1.165) is 0 Å². The molecule has 5 atom stereocenters. The molecule has 1 aliphatic heterocycles. The minimum absolute atomic E-state index is 0.00883. The fourth-order valence-corrected chi connectivity index (χ4v) is 2.35. The minimum Gasteiger partial charge on any atom is -0.479 e. The maximum absolute atomic E-state index is 13.2. The molecule has 0 aliphatic carbocycles. The van der Waals surface area contributed by atoms with Crippen LogP contribution >= 0.6 is 0 Å². The van der Waals surface area contributed by atoms with E-state index in [1.54, 1.807) is 0 Å². The molecule has 0 spiro atoms. The monoisotopic (exact) mass is 359 g/mol. The lowest BCUT2D eigenvalue weighted by Gasteiger charge is -2.38. The number of ether oxygens (including phenoxy) is 2. The second-order valence-electron chi connectivity index (χ2n) is 5.49. The number of amides is 1. The number of aliphatic hydroxyl groups is 3. The van der Waals surface area contributed by atoms with Gasteiger partial charge in [0, 0.05) is 18.2 Å². The quantitative estimate of drug-likeness (QED) is 0.468. The molecule has 1 saturated heterocycles. The number of halogens is 1. The van der Waals surface area contributed by atoms with E-state index < -0.39 is 43.3 Å². The average Bonchev–Trinajstić information content (AvgIpc) is 2.55. The van der Waals surface area contributed by atoms with Crippen LogP contribution < -0.4 is 10.1 Å². The van der Waals surface area contributed by atoms with Crippen molar-refractivity contribution in [3.05, 3.63) is 23.8 Å². The fourth-order valence-electron chi connectivity index (χ4n) is 2.35. The van der Waals surface area contributed by atoms with Crippen LogP contribution in [-0.2, 0) is 21.0 Å². The summed E-state index contributed by atoms with van der Waals surface area (Å²) in [7, 11) is 0. The fraction of sp³-hybridized carbons (Fsp3) is 0.467. The van der Waals surface area contributed by atoms with Crippen LogP contribution in [0.4, 0.5) is 10.1 Å². The molecule has 1 fully saturated rings. The smallest absolute Gasteiger partial charge is 0.335 e. The topological polar surface area (TPSA) is 146 Å². The van der Waals surface area contributed by atoms with Crippen LogP contribution in [0.1, 0.15) is 12.5 Å². The molecule has 25 heavy (non-hydrogen) atoms. The van der Waals surface area contributed by atoms with E-state index in [1.165, 1.54) is 25.1 Å². The van der Waals surface area contributed by atoms with E-state index in [2.05, 4.69) is 5.32 Å². The predicted molar refractivity (Wildman–Crippen MR) is 80.5 cm³/mol. The second-order valence-corrected chi connectivity index (χ2v) is 5.49. The first-order chi connectivity index (χ1) is 11.7. The van der Waals surface area contributed by atoms with E-state index in [4.69, 9.17) is 14.6 Å². The van der Waals surface area contributed by atoms with Crippen molar-refractivity contribution in [1.82, 2.24) is 0 Å². The largest absolute Gasteiger partial charge is 0.479 e. The molecule has 2 rings (SSSR count). The summed E-state index contributed by atoms with van der Waals surface area (Å²) in [6.45, 7) is 0.309. The van der Waals surface area contributed by atoms with E-state index in [-0.39, 0.29) is 17.2 Å². The molecular formula is C15H18FNO8. The summed E-state index contributed by atoms with van der Waals surface area (Å²) in [5.41, 5.74) is 0.325. The van der Waals surface area contributed by atoms with Crippen LogP contribution in [0.2, 0.25) is 0 Å². The Hall–Kier alpha value is -2.27. The van der Waals surface area contributed by atoms with Crippen LogP contribution in [0.25, 0.3) is 0 Å². The SMILES string of the molecule is CC(=O)Nc1ccc(OC2OC(C(=O)O)C(O)C(O)C2O)c(CF)c1. The van der Waals surface area contributed by atoms with Crippen molar-refractivity contribution >= 4 is 17.6 Å². The summed E-state index contributed by atoms with van der Waals surface area (Å²) in [6.07, 6.45) is -8.90. The highest BCUT2D eigenvalue weighted by atomic mass is 19.1. The second kappa shape index (κ2) is 7.74. The van der Waals surface area contributed by atoms with Crippen LogP contribution in [-0.4, -0.2) is 63.0 Å². The Balaban J connectivity index is 2.22. The van der Waals surface area contributed by atoms with Gasteiger partial charge in [-0.05, 0) is 18.2 Å². The zero-order chi connectivity index (χ0) is 18.7. The number of alkyl halides is 1. The van der Waals surface area contributed by atoms with E-state index in [9.17, 15) is 29.3 Å². The number of aliphatic hydroxyl groups excluding tert-OH is 3. The molecular weight excluding hydrogens is 341 g/mol. The Morgan fingerprint density at radius 2 is 1.92 bits per heavy atom. The zero-order valence-electron chi connectivity index (χ0n) is 13.1. The summed E-state index contributed by atoms with van der Waals surface area (Å²) in [6, 6.07) is 4.00. The van der Waals surface area contributed by atoms with Gasteiger partial charge >= 0.3 is 5.97 Å². The molecule has 1 aromatic carbocycles. The first-order valence-corrected chi connectivity index (χ1v) is 7.30. The molecule has 1 heterocycles. The number of hydrogen-bond acceptors (Lipinski definition) is 7. The third kappa shape index (κ3) is 4.23. The molecule has 10 heteroatoms. The van der Waals surface area contributed by atoms with Crippen LogP contribution in [0, 0.1) is 0 Å². The molecule has 5 unspecified atom stereocenters. The number of nitrogens with one attached hydrogen (secondary N) is 1. The Kier molecular flexibility index (Phi) is 5.90. The average molecular weight is 359 g/mol. The number of carboxylic acids is 1. The molecule has 5 N–H and O–H groups in total. The summed E-state index contributed by atoms with van der Waals surface area (Å²) >= 11 is 0. The maximum Gasteiger partial charge on any atom is 0.335 e. The number of hydrogen-bond donors (Lipinski definition) is 5. The van der Waals surface area contributed by atoms with Crippen molar-refractivity contribution in [2.45, 2.75) is 44.3 Å². The van der Waals surface area contributed by atoms with Crippen molar-refractivity contribution in [2.75, 3.05) is 5.32 Å². The molecule has 1 amide bonds. The van der Waals surface area contributed by atoms with Crippen molar-refractivity contribution in [2.24, 2.45) is 0 Å². The standard InChI is InChI=1S/C15H18FNO8/c1-6(18)17-8-2-3-9(7(4-8)5-16)24-15-12(21)10(19)11(20)13(25-15)14(22)23/h2-4,10-13,15,19-21H,5H2,1H3,(H,17,18)(H,22,23). The first-order valence-electron chi connectivity index (χ1n) is 7.30. The maximum atomic E-state index is 13.2. The number of anilines is 1. The van der Waals surface area contributed by atoms with Gasteiger partial charge in [-0.25, -0.2) is 9.18 Å². The number of carbonyl (C=O) groups is 2. The molecule has 0 radical (unpaired) electrons. The number of carboxylic acid groups (broad SMARTS) is 1. The highest BCUT2D eigenvalue weighted by Gasteiger charge is 2.48. The number of aliphatic carboxylic acids is 1. The third-order valence-electron chi connectivity index (χ3n) is 3.58. The molecule has 138 valence electrons. The lowest BCUT2D eigenvalue weighted by Crippen LogP contribution is -2.61. The molecule has 9 nitrogen and oxygen atoms in total. The van der Waals surface area contributed by atoms with E-state index in [0.29, 0.717) is 5.69 Å². The van der Waals surface area contributed by atoms with Crippen molar-refractivity contribution in [3.63, 3.8) is 0 Å². The van der Waals surface area contributed by atoms with Crippen molar-refractivity contribution < 1.29 is 43.9 Å². The van der Waals surface area contributed by atoms with Gasteiger partial charge in [-0.1, -0.05) is 0 Å². The van der Waals surface area contributed by atoms with Gasteiger partial charge < -0.3 is 35.2 Å². The van der Waals surface area contributed by atoms with Gasteiger partial charge in [-0.3, -0.25) is 4.79 Å². The Labute approximate surface area is 141 Å². The first kappa shape index (κ1) is 19.1. The minimum atomic E-state index is -1.85. The van der Waals surface area contributed by atoms with Crippen molar-refractivity contribution in [3.8, 4) is 5.75 Å². The molecule has 1 aliphatic rings. The highest BCUT2D eigenvalue weighted by Crippen LogP contribution is 2.29. The van der Waals surface area contributed by atoms with Crippen LogP contribution in [0.15, 0.2) is 18.2 Å². The normalized spacial score (nSPS) is 29.1. The summed E-state index contributed by atoms with van der Waals surface area (Å²) in [4.78, 5) is 22.1. The summed E-state index contributed by atoms with van der Waals surface area (Å²) < 4.78 is 23.5. The van der Waals surface area contributed by atoms with Gasteiger partial charge in [0.05, 0.1) is 0 Å². The zero-order valence-corrected chi connectivity index (χ0v) is 13.1. The molecule has 0 saturated carbocycles. The number of carbonyl (C=O) groups excluding carboxylic acids is 1. The number of rotatable bonds is 5. The third-order valence-corrected chi connectivity index (χ3v) is 3.58. The van der Waals surface area contributed by atoms with Gasteiger partial charge in [0.15, 0.2) is 6.10 Å². The highest BCUT2D eigenvalue weighted by molar-refractivity contribution is 5.88. The van der Waals surface area contributed by atoms with Gasteiger partial charge in [0.2, 0.25) is 12.2 Å². The Morgan fingerprint density at radius 3 is 2.48 bits per heavy atom. The van der Waals surface area contributed by atoms with Gasteiger partial charge in [0.25, 0.3) is 0 Å². The molecule has 0 aromatic heterocycles.